The van der Waals surface area contributed by atoms with Gasteiger partial charge >= 0.3 is 0 Å². The van der Waals surface area contributed by atoms with Crippen LogP contribution >= 0.6 is 0 Å². The van der Waals surface area contributed by atoms with Crippen LogP contribution in [0.3, 0.4) is 0 Å². The van der Waals surface area contributed by atoms with Crippen molar-refractivity contribution < 1.29 is 0 Å². The van der Waals surface area contributed by atoms with Gasteiger partial charge in [0.1, 0.15) is 0 Å². The van der Waals surface area contributed by atoms with E-state index in [-0.39, 0.29) is 0 Å². The van der Waals surface area contributed by atoms with Gasteiger partial charge in [0, 0.05) is 19.3 Å². The van der Waals surface area contributed by atoms with Gasteiger partial charge in [0.05, 0.1) is 0 Å². The molecule has 0 aliphatic rings. The standard InChI is InChI=1S/C13H27N/c1-5-8-10-12-13(11-9-6-2)14(4)7-3/h12H,5-11H2,1-4H3. The van der Waals surface area contributed by atoms with Crippen molar-refractivity contribution in [2.24, 2.45) is 0 Å². The Morgan fingerprint density at radius 1 is 1.07 bits per heavy atom. The first kappa shape index (κ1) is 13.5. The monoisotopic (exact) mass is 197 g/mol. The fraction of sp³-hybridized carbons (Fsp3) is 0.846. The van der Waals surface area contributed by atoms with Crippen LogP contribution in [0.1, 0.15) is 59.3 Å². The lowest BCUT2D eigenvalue weighted by Crippen LogP contribution is -2.16. The van der Waals surface area contributed by atoms with Crippen LogP contribution in [0.15, 0.2) is 11.8 Å². The summed E-state index contributed by atoms with van der Waals surface area (Å²) >= 11 is 0. The molecule has 0 aromatic carbocycles. The SMILES string of the molecule is CCCCC=C(CCCC)N(C)CC. The van der Waals surface area contributed by atoms with Crippen molar-refractivity contribution in [2.45, 2.75) is 59.3 Å². The van der Waals surface area contributed by atoms with E-state index < -0.39 is 0 Å². The number of hydrogen-bond donors (Lipinski definition) is 0. The number of rotatable bonds is 8. The molecular formula is C13H27N. The first-order valence-electron chi connectivity index (χ1n) is 6.16. The quantitative estimate of drug-likeness (QED) is 0.527. The molecule has 0 aliphatic heterocycles. The van der Waals surface area contributed by atoms with E-state index in [9.17, 15) is 0 Å². The summed E-state index contributed by atoms with van der Waals surface area (Å²) in [5.41, 5.74) is 1.54. The van der Waals surface area contributed by atoms with Gasteiger partial charge in [-0.05, 0) is 26.2 Å². The van der Waals surface area contributed by atoms with Crippen LogP contribution < -0.4 is 0 Å². The van der Waals surface area contributed by atoms with Crippen molar-refractivity contribution in [3.8, 4) is 0 Å². The zero-order chi connectivity index (χ0) is 10.8. The molecule has 0 atom stereocenters. The maximum absolute atomic E-state index is 2.43. The van der Waals surface area contributed by atoms with Crippen LogP contribution in [0.25, 0.3) is 0 Å². The van der Waals surface area contributed by atoms with E-state index in [0.29, 0.717) is 0 Å². The number of unbranched alkanes of at least 4 members (excludes halogenated alkanes) is 3. The van der Waals surface area contributed by atoms with Crippen molar-refractivity contribution in [1.29, 1.82) is 0 Å². The van der Waals surface area contributed by atoms with Gasteiger partial charge in [-0.15, -0.1) is 0 Å². The second-order valence-corrected chi connectivity index (χ2v) is 3.96. The highest BCUT2D eigenvalue weighted by Gasteiger charge is 2.00. The molecule has 0 heterocycles. The van der Waals surface area contributed by atoms with Gasteiger partial charge in [0.25, 0.3) is 0 Å². The summed E-state index contributed by atoms with van der Waals surface area (Å²) < 4.78 is 0. The fourth-order valence-electron chi connectivity index (χ4n) is 1.48. The van der Waals surface area contributed by atoms with Crippen LogP contribution in [-0.4, -0.2) is 18.5 Å². The van der Waals surface area contributed by atoms with Gasteiger partial charge < -0.3 is 4.90 Å². The zero-order valence-corrected chi connectivity index (χ0v) is 10.5. The van der Waals surface area contributed by atoms with Gasteiger partial charge in [0.2, 0.25) is 0 Å². The molecule has 0 amide bonds. The molecule has 0 fully saturated rings. The second kappa shape index (κ2) is 9.11. The first-order valence-corrected chi connectivity index (χ1v) is 6.16. The minimum Gasteiger partial charge on any atom is -0.378 e. The molecule has 1 nitrogen and oxygen atoms in total. The maximum atomic E-state index is 2.43. The van der Waals surface area contributed by atoms with Crippen LogP contribution in [0.4, 0.5) is 0 Å². The number of hydrogen-bond acceptors (Lipinski definition) is 1. The van der Waals surface area contributed by atoms with E-state index in [1.54, 1.807) is 5.70 Å². The molecular weight excluding hydrogens is 170 g/mol. The van der Waals surface area contributed by atoms with Crippen molar-refractivity contribution in [3.63, 3.8) is 0 Å². The lowest BCUT2D eigenvalue weighted by Gasteiger charge is -2.21. The van der Waals surface area contributed by atoms with E-state index in [1.807, 2.05) is 0 Å². The highest BCUT2D eigenvalue weighted by Crippen LogP contribution is 2.13. The molecule has 84 valence electrons. The summed E-state index contributed by atoms with van der Waals surface area (Å²) in [6.45, 7) is 7.86. The van der Waals surface area contributed by atoms with E-state index in [4.69, 9.17) is 0 Å². The van der Waals surface area contributed by atoms with Gasteiger partial charge in [-0.2, -0.15) is 0 Å². The Bertz CT molecular complexity index is 149. The van der Waals surface area contributed by atoms with Crippen LogP contribution in [0.2, 0.25) is 0 Å². The van der Waals surface area contributed by atoms with Gasteiger partial charge in [-0.1, -0.05) is 39.2 Å². The van der Waals surface area contributed by atoms with Crippen molar-refractivity contribution >= 4 is 0 Å². The first-order chi connectivity index (χ1) is 6.76. The highest BCUT2D eigenvalue weighted by molar-refractivity contribution is 5.00. The maximum Gasteiger partial charge on any atom is 0.0143 e. The summed E-state index contributed by atoms with van der Waals surface area (Å²) in [4.78, 5) is 2.38. The van der Waals surface area contributed by atoms with Crippen LogP contribution in [0, 0.1) is 0 Å². The molecule has 0 bridgehead atoms. The summed E-state index contributed by atoms with van der Waals surface area (Å²) in [6.07, 6.45) is 10.2. The topological polar surface area (TPSA) is 3.24 Å². The Hall–Kier alpha value is -0.460. The molecule has 14 heavy (non-hydrogen) atoms. The van der Waals surface area contributed by atoms with E-state index in [2.05, 4.69) is 38.8 Å². The predicted octanol–water partition coefficient (Wildman–Crippen LogP) is 4.20. The summed E-state index contributed by atoms with van der Waals surface area (Å²) in [5, 5.41) is 0. The molecule has 0 aromatic rings. The number of nitrogens with zero attached hydrogens (tertiary/aromatic N) is 1. The summed E-state index contributed by atoms with van der Waals surface area (Å²) in [5.74, 6) is 0. The summed E-state index contributed by atoms with van der Waals surface area (Å²) in [6, 6.07) is 0. The molecule has 0 saturated heterocycles. The third-order valence-electron chi connectivity index (χ3n) is 2.69. The molecule has 0 radical (unpaired) electrons. The average molecular weight is 197 g/mol. The molecule has 0 aliphatic carbocycles. The van der Waals surface area contributed by atoms with Crippen LogP contribution in [0.5, 0.6) is 0 Å². The Kier molecular flexibility index (Phi) is 8.81. The van der Waals surface area contributed by atoms with Gasteiger partial charge in [-0.25, -0.2) is 0 Å². The van der Waals surface area contributed by atoms with Crippen molar-refractivity contribution in [3.05, 3.63) is 11.8 Å². The zero-order valence-electron chi connectivity index (χ0n) is 10.5. The molecule has 0 spiro atoms. The lowest BCUT2D eigenvalue weighted by atomic mass is 10.1. The molecule has 1 heteroatoms. The Balaban J connectivity index is 4.01. The van der Waals surface area contributed by atoms with Gasteiger partial charge in [0.15, 0.2) is 0 Å². The van der Waals surface area contributed by atoms with Crippen molar-refractivity contribution in [1.82, 2.24) is 4.90 Å². The van der Waals surface area contributed by atoms with Gasteiger partial charge in [-0.3, -0.25) is 0 Å². The summed E-state index contributed by atoms with van der Waals surface area (Å²) in [7, 11) is 2.20. The molecule has 0 N–H and O–H groups in total. The third kappa shape index (κ3) is 6.06. The third-order valence-corrected chi connectivity index (χ3v) is 2.69. The average Bonchev–Trinajstić information content (AvgIpc) is 2.22. The fourth-order valence-corrected chi connectivity index (χ4v) is 1.48. The largest absolute Gasteiger partial charge is 0.378 e. The number of allylic oxidation sites excluding steroid dienone is 2. The molecule has 0 saturated carbocycles. The Labute approximate surface area is 90.2 Å². The minimum atomic E-state index is 1.13. The van der Waals surface area contributed by atoms with Crippen molar-refractivity contribution in [2.75, 3.05) is 13.6 Å². The van der Waals surface area contributed by atoms with Crippen LogP contribution in [-0.2, 0) is 0 Å². The highest BCUT2D eigenvalue weighted by atomic mass is 15.1. The van der Waals surface area contributed by atoms with E-state index in [1.165, 1.54) is 38.5 Å². The predicted molar refractivity (Wildman–Crippen MR) is 65.4 cm³/mol. The lowest BCUT2D eigenvalue weighted by molar-refractivity contribution is 0.415. The second-order valence-electron chi connectivity index (χ2n) is 3.96. The Morgan fingerprint density at radius 3 is 2.21 bits per heavy atom. The molecule has 0 rings (SSSR count). The van der Waals surface area contributed by atoms with E-state index >= 15 is 0 Å². The smallest absolute Gasteiger partial charge is 0.0143 e. The Morgan fingerprint density at radius 2 is 1.71 bits per heavy atom. The molecule has 0 aromatic heterocycles. The molecule has 0 unspecified atom stereocenters. The van der Waals surface area contributed by atoms with E-state index in [0.717, 1.165) is 6.54 Å². The minimum absolute atomic E-state index is 1.13. The normalized spacial score (nSPS) is 11.9.